The van der Waals surface area contributed by atoms with Gasteiger partial charge in [-0.3, -0.25) is 9.59 Å². The molecule has 0 aliphatic rings. The Hall–Kier alpha value is -2.82. The van der Waals surface area contributed by atoms with Gasteiger partial charge in [0.25, 0.3) is 6.47 Å². The molecule has 0 aromatic heterocycles. The number of ether oxygens (including phenoxy) is 3. The zero-order chi connectivity index (χ0) is 16.5. The number of carbonyl (C=O) groups excluding carboxylic acids is 2. The number of hydrogen-bond acceptors (Lipinski definition) is 5. The first-order valence-electron chi connectivity index (χ1n) is 7.22. The van der Waals surface area contributed by atoms with Crippen molar-refractivity contribution in [3.05, 3.63) is 59.7 Å². The maximum absolute atomic E-state index is 10.8. The van der Waals surface area contributed by atoms with Gasteiger partial charge in [0, 0.05) is 13.3 Å². The molecule has 0 saturated carbocycles. The van der Waals surface area contributed by atoms with Crippen molar-refractivity contribution in [2.24, 2.45) is 0 Å². The normalized spacial score (nSPS) is 9.96. The molecule has 0 atom stereocenters. The summed E-state index contributed by atoms with van der Waals surface area (Å²) in [5.74, 6) is 0.505. The summed E-state index contributed by atoms with van der Waals surface area (Å²) in [6, 6.07) is 15.0. The fourth-order valence-corrected chi connectivity index (χ4v) is 2.02. The van der Waals surface area contributed by atoms with Crippen molar-refractivity contribution in [3.8, 4) is 11.5 Å². The molecule has 120 valence electrons. The molecule has 0 fully saturated rings. The van der Waals surface area contributed by atoms with Crippen molar-refractivity contribution in [1.29, 1.82) is 0 Å². The quantitative estimate of drug-likeness (QED) is 0.554. The van der Waals surface area contributed by atoms with Gasteiger partial charge in [0.1, 0.15) is 6.61 Å². The van der Waals surface area contributed by atoms with Gasteiger partial charge < -0.3 is 14.2 Å². The predicted molar refractivity (Wildman–Crippen MR) is 84.2 cm³/mol. The van der Waals surface area contributed by atoms with E-state index in [4.69, 9.17) is 14.2 Å². The Kier molecular flexibility index (Phi) is 6.17. The van der Waals surface area contributed by atoms with Crippen LogP contribution >= 0.6 is 0 Å². The summed E-state index contributed by atoms with van der Waals surface area (Å²) in [5.41, 5.74) is 1.90. The van der Waals surface area contributed by atoms with Gasteiger partial charge in [0.05, 0.1) is 6.61 Å². The minimum absolute atomic E-state index is 0.278. The van der Waals surface area contributed by atoms with Crippen molar-refractivity contribution in [1.82, 2.24) is 0 Å². The zero-order valence-electron chi connectivity index (χ0n) is 12.9. The second kappa shape index (κ2) is 8.58. The Morgan fingerprint density at radius 3 is 2.52 bits per heavy atom. The number of benzene rings is 2. The van der Waals surface area contributed by atoms with Gasteiger partial charge in [-0.15, -0.1) is 0 Å². The molecule has 0 heterocycles. The van der Waals surface area contributed by atoms with Crippen LogP contribution in [-0.4, -0.2) is 19.0 Å². The van der Waals surface area contributed by atoms with Gasteiger partial charge in [0.2, 0.25) is 0 Å². The van der Waals surface area contributed by atoms with Crippen LogP contribution in [0.4, 0.5) is 0 Å². The highest BCUT2D eigenvalue weighted by molar-refractivity contribution is 5.65. The number of rotatable bonds is 8. The summed E-state index contributed by atoms with van der Waals surface area (Å²) in [5, 5.41) is 0. The van der Waals surface area contributed by atoms with Crippen LogP contribution in [0.5, 0.6) is 11.5 Å². The lowest BCUT2D eigenvalue weighted by Crippen LogP contribution is -2.04. The summed E-state index contributed by atoms with van der Waals surface area (Å²) in [6.45, 7) is 2.38. The van der Waals surface area contributed by atoms with Gasteiger partial charge in [0.15, 0.2) is 11.5 Å². The Balaban J connectivity index is 2.03. The summed E-state index contributed by atoms with van der Waals surface area (Å²) in [6.07, 6.45) is 0.535. The highest BCUT2D eigenvalue weighted by atomic mass is 16.5. The summed E-state index contributed by atoms with van der Waals surface area (Å²) < 4.78 is 15.6. The summed E-state index contributed by atoms with van der Waals surface area (Å²) in [4.78, 5) is 21.4. The van der Waals surface area contributed by atoms with E-state index in [1.165, 1.54) is 6.92 Å². The van der Waals surface area contributed by atoms with Gasteiger partial charge in [-0.2, -0.15) is 0 Å². The van der Waals surface area contributed by atoms with Crippen LogP contribution < -0.4 is 9.47 Å². The third-order valence-corrected chi connectivity index (χ3v) is 3.12. The minimum atomic E-state index is -0.322. The average molecular weight is 314 g/mol. The first-order chi connectivity index (χ1) is 11.2. The van der Waals surface area contributed by atoms with E-state index < -0.39 is 0 Å². The van der Waals surface area contributed by atoms with E-state index in [9.17, 15) is 9.59 Å². The van der Waals surface area contributed by atoms with Crippen LogP contribution in [0.3, 0.4) is 0 Å². The van der Waals surface area contributed by atoms with E-state index in [2.05, 4.69) is 0 Å². The minimum Gasteiger partial charge on any atom is -0.485 e. The fourth-order valence-electron chi connectivity index (χ4n) is 2.02. The lowest BCUT2D eigenvalue weighted by Gasteiger charge is -2.11. The number of carbonyl (C=O) groups is 2. The van der Waals surface area contributed by atoms with Crippen molar-refractivity contribution in [2.45, 2.75) is 20.0 Å². The Bertz CT molecular complexity index is 652. The largest absolute Gasteiger partial charge is 0.485 e. The van der Waals surface area contributed by atoms with Crippen molar-refractivity contribution in [2.75, 3.05) is 6.61 Å². The molecule has 0 radical (unpaired) electrons. The maximum atomic E-state index is 10.8. The lowest BCUT2D eigenvalue weighted by atomic mass is 10.1. The molecule has 0 amide bonds. The Labute approximate surface area is 134 Å². The molecular formula is C18H18O5. The number of hydrogen-bond donors (Lipinski definition) is 0. The predicted octanol–water partition coefficient (Wildman–Crippen LogP) is 2.91. The van der Waals surface area contributed by atoms with Crippen LogP contribution in [0.25, 0.3) is 0 Å². The molecule has 2 aromatic carbocycles. The van der Waals surface area contributed by atoms with Crippen LogP contribution in [0.2, 0.25) is 0 Å². The fraction of sp³-hybridized carbons (Fsp3) is 0.222. The summed E-state index contributed by atoms with van der Waals surface area (Å²) >= 11 is 0. The smallest absolute Gasteiger partial charge is 0.302 e. The molecule has 2 rings (SSSR count). The highest BCUT2D eigenvalue weighted by Gasteiger charge is 2.08. The van der Waals surface area contributed by atoms with Gasteiger partial charge in [-0.1, -0.05) is 36.4 Å². The monoisotopic (exact) mass is 314 g/mol. The molecule has 0 unspecified atom stereocenters. The standard InChI is InChI=1S/C18H18O5/c1-14(20)21-10-9-15-7-8-17(18(11-15)23-13-19)22-12-16-5-3-2-4-6-16/h2-8,11,13H,9-10,12H2,1H3. The maximum Gasteiger partial charge on any atom is 0.302 e. The third-order valence-electron chi connectivity index (χ3n) is 3.12. The third kappa shape index (κ3) is 5.47. The Morgan fingerprint density at radius 1 is 1.04 bits per heavy atom. The van der Waals surface area contributed by atoms with Crippen LogP contribution in [0, 0.1) is 0 Å². The molecule has 0 aliphatic carbocycles. The second-order valence-corrected chi connectivity index (χ2v) is 4.86. The van der Waals surface area contributed by atoms with E-state index in [-0.39, 0.29) is 12.6 Å². The molecule has 0 bridgehead atoms. The van der Waals surface area contributed by atoms with Gasteiger partial charge in [-0.05, 0) is 23.3 Å². The van der Waals surface area contributed by atoms with Crippen LogP contribution in [0.15, 0.2) is 48.5 Å². The van der Waals surface area contributed by atoms with E-state index in [1.807, 2.05) is 36.4 Å². The first-order valence-corrected chi connectivity index (χ1v) is 7.22. The summed E-state index contributed by atoms with van der Waals surface area (Å²) in [7, 11) is 0. The van der Waals surface area contributed by atoms with Crippen molar-refractivity contribution in [3.63, 3.8) is 0 Å². The van der Waals surface area contributed by atoms with Gasteiger partial charge >= 0.3 is 5.97 Å². The molecule has 0 saturated heterocycles. The molecule has 0 N–H and O–H groups in total. The topological polar surface area (TPSA) is 61.8 Å². The van der Waals surface area contributed by atoms with E-state index in [1.54, 1.807) is 12.1 Å². The molecule has 5 nitrogen and oxygen atoms in total. The second-order valence-electron chi connectivity index (χ2n) is 4.86. The van der Waals surface area contributed by atoms with Crippen molar-refractivity contribution >= 4 is 12.4 Å². The van der Waals surface area contributed by atoms with Crippen LogP contribution in [0.1, 0.15) is 18.1 Å². The van der Waals surface area contributed by atoms with Crippen molar-refractivity contribution < 1.29 is 23.8 Å². The SMILES string of the molecule is CC(=O)OCCc1ccc(OCc2ccccc2)c(OC=O)c1. The van der Waals surface area contributed by atoms with E-state index >= 15 is 0 Å². The average Bonchev–Trinajstić information content (AvgIpc) is 2.55. The highest BCUT2D eigenvalue weighted by Crippen LogP contribution is 2.29. The number of esters is 1. The molecule has 0 spiro atoms. The van der Waals surface area contributed by atoms with Crippen LogP contribution in [-0.2, 0) is 27.4 Å². The first kappa shape index (κ1) is 16.5. The lowest BCUT2D eigenvalue weighted by molar-refractivity contribution is -0.140. The zero-order valence-corrected chi connectivity index (χ0v) is 12.9. The molecule has 2 aromatic rings. The molecule has 23 heavy (non-hydrogen) atoms. The van der Waals surface area contributed by atoms with E-state index in [0.29, 0.717) is 31.0 Å². The molecule has 0 aliphatic heterocycles. The Morgan fingerprint density at radius 2 is 1.83 bits per heavy atom. The molecular weight excluding hydrogens is 296 g/mol. The van der Waals surface area contributed by atoms with Gasteiger partial charge in [-0.25, -0.2) is 0 Å². The van der Waals surface area contributed by atoms with E-state index in [0.717, 1.165) is 11.1 Å². The molecule has 5 heteroatoms.